The maximum atomic E-state index is 2.25. The molecule has 0 unspecified atom stereocenters. The van der Waals surface area contributed by atoms with Crippen LogP contribution in [0.1, 0.15) is 51.7 Å². The van der Waals surface area contributed by atoms with Gasteiger partial charge in [0.25, 0.3) is 0 Å². The molecule has 0 spiro atoms. The summed E-state index contributed by atoms with van der Waals surface area (Å²) >= 11 is 0. The lowest BCUT2D eigenvalue weighted by Crippen LogP contribution is -2.10. The van der Waals surface area contributed by atoms with Gasteiger partial charge >= 0.3 is 0 Å². The van der Waals surface area contributed by atoms with Crippen molar-refractivity contribution in [3.8, 4) is 22.3 Å². The molecule has 0 nitrogen and oxygen atoms in total. The van der Waals surface area contributed by atoms with Crippen LogP contribution in [0.4, 0.5) is 0 Å². The lowest BCUT2D eigenvalue weighted by Gasteiger charge is -2.19. The summed E-state index contributed by atoms with van der Waals surface area (Å²) in [6.07, 6.45) is 0. The Balaban J connectivity index is 1.82. The first kappa shape index (κ1) is 17.5. The Kier molecular flexibility index (Phi) is 4.81. The summed E-state index contributed by atoms with van der Waals surface area (Å²) in [6, 6.07) is 26.7. The van der Waals surface area contributed by atoms with Gasteiger partial charge in [-0.15, -0.1) is 0 Å². The van der Waals surface area contributed by atoms with E-state index in [-0.39, 0.29) is 5.41 Å². The lowest BCUT2D eigenvalue weighted by molar-refractivity contribution is 0.590. The van der Waals surface area contributed by atoms with Gasteiger partial charge in [0.2, 0.25) is 0 Å². The SMILES string of the molecule is CC(C)c1ccc(-c2ccc(-c3ccc(C(C)(C)C)cc3)cc2)cc1. The van der Waals surface area contributed by atoms with Crippen molar-refractivity contribution in [2.75, 3.05) is 0 Å². The fraction of sp³-hybridized carbons (Fsp3) is 0.280. The van der Waals surface area contributed by atoms with E-state index in [0.29, 0.717) is 5.92 Å². The second-order valence-corrected chi connectivity index (χ2v) is 8.18. The van der Waals surface area contributed by atoms with Crippen LogP contribution in [-0.2, 0) is 5.41 Å². The van der Waals surface area contributed by atoms with Crippen LogP contribution in [0.5, 0.6) is 0 Å². The molecular formula is C25H28. The van der Waals surface area contributed by atoms with E-state index in [4.69, 9.17) is 0 Å². The summed E-state index contributed by atoms with van der Waals surface area (Å²) < 4.78 is 0. The summed E-state index contributed by atoms with van der Waals surface area (Å²) in [7, 11) is 0. The van der Waals surface area contributed by atoms with Gasteiger partial charge in [0, 0.05) is 0 Å². The molecule has 0 aliphatic heterocycles. The minimum Gasteiger partial charge on any atom is -0.0587 e. The standard InChI is InChI=1S/C25H28/c1-18(2)19-6-8-20(9-7-19)21-10-12-22(13-11-21)23-14-16-24(17-15-23)25(3,4)5/h6-18H,1-5H3. The Morgan fingerprint density at radius 3 is 1.16 bits per heavy atom. The van der Waals surface area contributed by atoms with E-state index in [1.54, 1.807) is 0 Å². The van der Waals surface area contributed by atoms with Crippen LogP contribution in [0, 0.1) is 0 Å². The number of hydrogen-bond donors (Lipinski definition) is 0. The zero-order valence-corrected chi connectivity index (χ0v) is 16.0. The first-order valence-electron chi connectivity index (χ1n) is 9.16. The molecule has 0 atom stereocenters. The predicted molar refractivity (Wildman–Crippen MR) is 110 cm³/mol. The van der Waals surface area contributed by atoms with Gasteiger partial charge in [0.15, 0.2) is 0 Å². The van der Waals surface area contributed by atoms with E-state index in [9.17, 15) is 0 Å². The minimum atomic E-state index is 0.199. The van der Waals surface area contributed by atoms with Crippen molar-refractivity contribution in [1.29, 1.82) is 0 Å². The Labute approximate surface area is 152 Å². The topological polar surface area (TPSA) is 0 Å². The van der Waals surface area contributed by atoms with E-state index >= 15 is 0 Å². The molecule has 0 bridgehead atoms. The van der Waals surface area contributed by atoms with Crippen LogP contribution >= 0.6 is 0 Å². The first-order chi connectivity index (χ1) is 11.8. The second-order valence-electron chi connectivity index (χ2n) is 8.18. The quantitative estimate of drug-likeness (QED) is 0.468. The Morgan fingerprint density at radius 2 is 0.840 bits per heavy atom. The van der Waals surface area contributed by atoms with E-state index in [1.807, 2.05) is 0 Å². The Hall–Kier alpha value is -2.34. The fourth-order valence-electron chi connectivity index (χ4n) is 3.08. The molecule has 0 N–H and O–H groups in total. The molecule has 0 radical (unpaired) electrons. The van der Waals surface area contributed by atoms with Crippen molar-refractivity contribution >= 4 is 0 Å². The fourth-order valence-corrected chi connectivity index (χ4v) is 3.08. The van der Waals surface area contributed by atoms with Crippen molar-refractivity contribution in [3.63, 3.8) is 0 Å². The normalized spacial score (nSPS) is 11.8. The lowest BCUT2D eigenvalue weighted by atomic mass is 9.86. The summed E-state index contributed by atoms with van der Waals surface area (Å²) in [5.41, 5.74) is 8.05. The highest BCUT2D eigenvalue weighted by Gasteiger charge is 2.13. The molecule has 3 aromatic rings. The van der Waals surface area contributed by atoms with E-state index < -0.39 is 0 Å². The summed E-state index contributed by atoms with van der Waals surface area (Å²) in [5.74, 6) is 0.576. The zero-order chi connectivity index (χ0) is 18.0. The molecule has 3 rings (SSSR count). The highest BCUT2D eigenvalue weighted by molar-refractivity contribution is 5.70. The highest BCUT2D eigenvalue weighted by atomic mass is 14.2. The minimum absolute atomic E-state index is 0.199. The first-order valence-corrected chi connectivity index (χ1v) is 9.16. The molecule has 128 valence electrons. The van der Waals surface area contributed by atoms with Gasteiger partial charge in [-0.25, -0.2) is 0 Å². The number of benzene rings is 3. The molecule has 3 aromatic carbocycles. The third-order valence-corrected chi connectivity index (χ3v) is 4.88. The molecule has 0 aromatic heterocycles. The zero-order valence-electron chi connectivity index (χ0n) is 16.0. The van der Waals surface area contributed by atoms with Crippen LogP contribution in [0.3, 0.4) is 0 Å². The van der Waals surface area contributed by atoms with Crippen LogP contribution in [0.2, 0.25) is 0 Å². The maximum Gasteiger partial charge on any atom is -0.0132 e. The molecule has 0 saturated heterocycles. The van der Waals surface area contributed by atoms with Gasteiger partial charge in [-0.1, -0.05) is 107 Å². The van der Waals surface area contributed by atoms with Crippen molar-refractivity contribution in [2.45, 2.75) is 46.0 Å². The van der Waals surface area contributed by atoms with Crippen molar-refractivity contribution in [3.05, 3.63) is 83.9 Å². The van der Waals surface area contributed by atoms with E-state index in [2.05, 4.69) is 107 Å². The molecule has 0 saturated carbocycles. The molecule has 0 heteroatoms. The number of hydrogen-bond acceptors (Lipinski definition) is 0. The molecule has 0 heterocycles. The second kappa shape index (κ2) is 6.88. The molecule has 0 amide bonds. The average molecular weight is 328 g/mol. The molecule has 25 heavy (non-hydrogen) atoms. The van der Waals surface area contributed by atoms with Crippen molar-refractivity contribution < 1.29 is 0 Å². The van der Waals surface area contributed by atoms with Crippen molar-refractivity contribution in [1.82, 2.24) is 0 Å². The van der Waals surface area contributed by atoms with Gasteiger partial charge in [-0.05, 0) is 44.7 Å². The van der Waals surface area contributed by atoms with Crippen molar-refractivity contribution in [2.24, 2.45) is 0 Å². The highest BCUT2D eigenvalue weighted by Crippen LogP contribution is 2.28. The molecule has 0 fully saturated rings. The monoisotopic (exact) mass is 328 g/mol. The summed E-state index contributed by atoms with van der Waals surface area (Å²) in [6.45, 7) is 11.2. The molecule has 0 aliphatic carbocycles. The van der Waals surface area contributed by atoms with Gasteiger partial charge in [0.1, 0.15) is 0 Å². The maximum absolute atomic E-state index is 2.25. The Morgan fingerprint density at radius 1 is 0.520 bits per heavy atom. The van der Waals surface area contributed by atoms with Gasteiger partial charge in [-0.3, -0.25) is 0 Å². The summed E-state index contributed by atoms with van der Waals surface area (Å²) in [4.78, 5) is 0. The Bertz CT molecular complexity index is 811. The third-order valence-electron chi connectivity index (χ3n) is 4.88. The molecule has 0 aliphatic rings. The summed E-state index contributed by atoms with van der Waals surface area (Å²) in [5, 5.41) is 0. The molecular weight excluding hydrogens is 300 g/mol. The van der Waals surface area contributed by atoms with Crippen LogP contribution in [-0.4, -0.2) is 0 Å². The van der Waals surface area contributed by atoms with Crippen LogP contribution in [0.25, 0.3) is 22.3 Å². The third kappa shape index (κ3) is 4.02. The van der Waals surface area contributed by atoms with Crippen LogP contribution < -0.4 is 0 Å². The predicted octanol–water partition coefficient (Wildman–Crippen LogP) is 7.44. The van der Waals surface area contributed by atoms with Gasteiger partial charge in [-0.2, -0.15) is 0 Å². The van der Waals surface area contributed by atoms with E-state index in [1.165, 1.54) is 33.4 Å². The smallest absolute Gasteiger partial charge is 0.0132 e. The van der Waals surface area contributed by atoms with Crippen LogP contribution in [0.15, 0.2) is 72.8 Å². The largest absolute Gasteiger partial charge is 0.0587 e. The average Bonchev–Trinajstić information content (AvgIpc) is 2.61. The van der Waals surface area contributed by atoms with E-state index in [0.717, 1.165) is 0 Å². The number of rotatable bonds is 3. The van der Waals surface area contributed by atoms with Gasteiger partial charge in [0.05, 0.1) is 0 Å². The van der Waals surface area contributed by atoms with Gasteiger partial charge < -0.3 is 0 Å².